The van der Waals surface area contributed by atoms with Gasteiger partial charge in [-0.2, -0.15) is 0 Å². The standard InChI is InChI=1S/C21H22N4O/c1-15-8-12-25(13-9-15)17-7-11-22-19(14-17)21(26)24-18-6-2-4-16-5-3-10-23-20(16)18/h2-7,10-11,14-15H,8-9,12-13H2,1H3,(H,24,26). The third kappa shape index (κ3) is 3.38. The monoisotopic (exact) mass is 346 g/mol. The average Bonchev–Trinajstić information content (AvgIpc) is 2.69. The molecule has 2 aromatic heterocycles. The van der Waals surface area contributed by atoms with E-state index in [0.29, 0.717) is 11.4 Å². The summed E-state index contributed by atoms with van der Waals surface area (Å²) in [6.45, 7) is 4.35. The summed E-state index contributed by atoms with van der Waals surface area (Å²) in [4.78, 5) is 23.7. The Morgan fingerprint density at radius 1 is 1.08 bits per heavy atom. The number of amides is 1. The summed E-state index contributed by atoms with van der Waals surface area (Å²) in [6.07, 6.45) is 5.81. The number of para-hydroxylation sites is 1. The van der Waals surface area contributed by atoms with Crippen molar-refractivity contribution >= 4 is 28.2 Å². The molecule has 5 nitrogen and oxygen atoms in total. The van der Waals surface area contributed by atoms with Crippen LogP contribution in [0.25, 0.3) is 10.9 Å². The predicted octanol–water partition coefficient (Wildman–Crippen LogP) is 4.12. The SMILES string of the molecule is CC1CCN(c2ccnc(C(=O)Nc3cccc4cccnc34)c2)CC1. The third-order valence-corrected chi connectivity index (χ3v) is 5.01. The molecule has 1 N–H and O–H groups in total. The van der Waals surface area contributed by atoms with Crippen LogP contribution < -0.4 is 10.2 Å². The van der Waals surface area contributed by atoms with Crippen molar-refractivity contribution in [2.24, 2.45) is 5.92 Å². The molecule has 0 radical (unpaired) electrons. The number of carbonyl (C=O) groups is 1. The number of pyridine rings is 2. The number of nitrogens with zero attached hydrogens (tertiary/aromatic N) is 3. The van der Waals surface area contributed by atoms with Crippen molar-refractivity contribution < 1.29 is 4.79 Å². The number of hydrogen-bond acceptors (Lipinski definition) is 4. The van der Waals surface area contributed by atoms with Crippen LogP contribution in [0.2, 0.25) is 0 Å². The summed E-state index contributed by atoms with van der Waals surface area (Å²) in [5, 5.41) is 3.95. The minimum absolute atomic E-state index is 0.213. The molecule has 0 spiro atoms. The molecule has 0 atom stereocenters. The zero-order valence-electron chi connectivity index (χ0n) is 14.9. The molecule has 1 aromatic carbocycles. The molecule has 0 saturated carbocycles. The minimum atomic E-state index is -0.213. The Hall–Kier alpha value is -2.95. The van der Waals surface area contributed by atoms with E-state index in [4.69, 9.17) is 0 Å². The number of carbonyl (C=O) groups excluding carboxylic acids is 1. The van der Waals surface area contributed by atoms with Gasteiger partial charge < -0.3 is 10.2 Å². The van der Waals surface area contributed by atoms with Gasteiger partial charge in [0.2, 0.25) is 0 Å². The van der Waals surface area contributed by atoms with Crippen molar-refractivity contribution in [1.29, 1.82) is 0 Å². The number of anilines is 2. The molecule has 132 valence electrons. The number of nitrogens with one attached hydrogen (secondary N) is 1. The van der Waals surface area contributed by atoms with Crippen molar-refractivity contribution in [1.82, 2.24) is 9.97 Å². The molecule has 0 bridgehead atoms. The van der Waals surface area contributed by atoms with Crippen LogP contribution in [-0.4, -0.2) is 29.0 Å². The smallest absolute Gasteiger partial charge is 0.274 e. The molecule has 3 heterocycles. The molecule has 3 aromatic rings. The Morgan fingerprint density at radius 2 is 1.88 bits per heavy atom. The first-order chi connectivity index (χ1) is 12.7. The van der Waals surface area contributed by atoms with Gasteiger partial charge >= 0.3 is 0 Å². The lowest BCUT2D eigenvalue weighted by molar-refractivity contribution is 0.102. The summed E-state index contributed by atoms with van der Waals surface area (Å²) in [7, 11) is 0. The summed E-state index contributed by atoms with van der Waals surface area (Å²) in [5.74, 6) is 0.560. The Labute approximate surface area is 153 Å². The lowest BCUT2D eigenvalue weighted by Gasteiger charge is -2.32. The van der Waals surface area contributed by atoms with Crippen LogP contribution >= 0.6 is 0 Å². The fraction of sp³-hybridized carbons (Fsp3) is 0.286. The Bertz CT molecular complexity index is 927. The van der Waals surface area contributed by atoms with Gasteiger partial charge in [-0.05, 0) is 43.0 Å². The number of rotatable bonds is 3. The van der Waals surface area contributed by atoms with Crippen LogP contribution in [0.15, 0.2) is 54.9 Å². The number of benzene rings is 1. The minimum Gasteiger partial charge on any atom is -0.371 e. The van der Waals surface area contributed by atoms with Crippen LogP contribution in [-0.2, 0) is 0 Å². The van der Waals surface area contributed by atoms with E-state index in [1.54, 1.807) is 12.4 Å². The van der Waals surface area contributed by atoms with E-state index in [0.717, 1.165) is 35.6 Å². The summed E-state index contributed by atoms with van der Waals surface area (Å²) in [5.41, 5.74) is 2.97. The third-order valence-electron chi connectivity index (χ3n) is 5.01. The highest BCUT2D eigenvalue weighted by molar-refractivity contribution is 6.07. The van der Waals surface area contributed by atoms with Crippen LogP contribution in [0, 0.1) is 5.92 Å². The fourth-order valence-corrected chi connectivity index (χ4v) is 3.40. The van der Waals surface area contributed by atoms with Crippen molar-refractivity contribution in [2.45, 2.75) is 19.8 Å². The first-order valence-corrected chi connectivity index (χ1v) is 9.07. The van der Waals surface area contributed by atoms with Gasteiger partial charge in [0, 0.05) is 36.6 Å². The topological polar surface area (TPSA) is 58.1 Å². The van der Waals surface area contributed by atoms with Gasteiger partial charge in [0.25, 0.3) is 5.91 Å². The first kappa shape index (κ1) is 16.5. The maximum atomic E-state index is 12.7. The van der Waals surface area contributed by atoms with E-state index >= 15 is 0 Å². The number of hydrogen-bond donors (Lipinski definition) is 1. The average molecular weight is 346 g/mol. The predicted molar refractivity (Wildman–Crippen MR) is 105 cm³/mol. The molecule has 1 aliphatic rings. The molecular formula is C21H22N4O. The number of fused-ring (bicyclic) bond motifs is 1. The van der Waals surface area contributed by atoms with Crippen molar-refractivity contribution in [3.8, 4) is 0 Å². The molecule has 0 unspecified atom stereocenters. The summed E-state index contributed by atoms with van der Waals surface area (Å²) < 4.78 is 0. The van der Waals surface area contributed by atoms with Gasteiger partial charge in [-0.15, -0.1) is 0 Å². The highest BCUT2D eigenvalue weighted by Crippen LogP contribution is 2.24. The van der Waals surface area contributed by atoms with Crippen LogP contribution in [0.1, 0.15) is 30.3 Å². The Balaban J connectivity index is 1.56. The molecule has 1 amide bonds. The second-order valence-corrected chi connectivity index (χ2v) is 6.90. The van der Waals surface area contributed by atoms with E-state index < -0.39 is 0 Å². The zero-order chi connectivity index (χ0) is 17.9. The maximum Gasteiger partial charge on any atom is 0.274 e. The van der Waals surface area contributed by atoms with Gasteiger partial charge in [-0.3, -0.25) is 14.8 Å². The number of aromatic nitrogens is 2. The molecule has 5 heteroatoms. The van der Waals surface area contributed by atoms with Gasteiger partial charge in [0.1, 0.15) is 5.69 Å². The van der Waals surface area contributed by atoms with Gasteiger partial charge in [0.15, 0.2) is 0 Å². The van der Waals surface area contributed by atoms with Gasteiger partial charge in [-0.25, -0.2) is 0 Å². The second-order valence-electron chi connectivity index (χ2n) is 6.90. The second kappa shape index (κ2) is 7.12. The fourth-order valence-electron chi connectivity index (χ4n) is 3.40. The van der Waals surface area contributed by atoms with Gasteiger partial charge in [0.05, 0.1) is 11.2 Å². The van der Waals surface area contributed by atoms with E-state index in [9.17, 15) is 4.79 Å². The molecule has 0 aliphatic carbocycles. The zero-order valence-corrected chi connectivity index (χ0v) is 14.9. The molecule has 4 rings (SSSR count). The lowest BCUT2D eigenvalue weighted by atomic mass is 9.99. The number of piperidine rings is 1. The van der Waals surface area contributed by atoms with Gasteiger partial charge in [-0.1, -0.05) is 25.1 Å². The van der Waals surface area contributed by atoms with E-state index in [1.165, 1.54) is 12.8 Å². The lowest BCUT2D eigenvalue weighted by Crippen LogP contribution is -2.33. The van der Waals surface area contributed by atoms with Crippen LogP contribution in [0.4, 0.5) is 11.4 Å². The van der Waals surface area contributed by atoms with Crippen molar-refractivity contribution in [2.75, 3.05) is 23.3 Å². The molecule has 26 heavy (non-hydrogen) atoms. The molecule has 1 aliphatic heterocycles. The van der Waals surface area contributed by atoms with Crippen molar-refractivity contribution in [3.05, 3.63) is 60.6 Å². The quantitative estimate of drug-likeness (QED) is 0.775. The van der Waals surface area contributed by atoms with Crippen LogP contribution in [0.5, 0.6) is 0 Å². The van der Waals surface area contributed by atoms with Crippen LogP contribution in [0.3, 0.4) is 0 Å². The maximum absolute atomic E-state index is 12.7. The highest BCUT2D eigenvalue weighted by Gasteiger charge is 2.18. The van der Waals surface area contributed by atoms with E-state index in [-0.39, 0.29) is 5.91 Å². The first-order valence-electron chi connectivity index (χ1n) is 9.07. The summed E-state index contributed by atoms with van der Waals surface area (Å²) >= 11 is 0. The Kier molecular flexibility index (Phi) is 4.52. The molecule has 1 saturated heterocycles. The van der Waals surface area contributed by atoms with E-state index in [2.05, 4.69) is 27.1 Å². The normalized spacial score (nSPS) is 15.2. The Morgan fingerprint density at radius 3 is 2.73 bits per heavy atom. The molecule has 1 fully saturated rings. The van der Waals surface area contributed by atoms with Crippen molar-refractivity contribution in [3.63, 3.8) is 0 Å². The van der Waals surface area contributed by atoms with E-state index in [1.807, 2.05) is 42.5 Å². The summed E-state index contributed by atoms with van der Waals surface area (Å²) in [6, 6.07) is 13.5. The largest absolute Gasteiger partial charge is 0.371 e. The highest BCUT2D eigenvalue weighted by atomic mass is 16.1. The molecular weight excluding hydrogens is 324 g/mol.